The minimum absolute atomic E-state index is 0.158. The van der Waals surface area contributed by atoms with Gasteiger partial charge in [0.05, 0.1) is 14.2 Å². The van der Waals surface area contributed by atoms with Crippen molar-refractivity contribution in [3.63, 3.8) is 0 Å². The molecule has 0 aliphatic carbocycles. The number of methoxy groups -OCH3 is 2. The lowest BCUT2D eigenvalue weighted by molar-refractivity contribution is -0.144. The van der Waals surface area contributed by atoms with Gasteiger partial charge < -0.3 is 14.8 Å². The van der Waals surface area contributed by atoms with Gasteiger partial charge in [-0.3, -0.25) is 9.59 Å². The third-order valence-corrected chi connectivity index (χ3v) is 2.27. The van der Waals surface area contributed by atoms with Crippen molar-refractivity contribution in [2.75, 3.05) is 20.8 Å². The average molecular weight is 231 g/mol. The van der Waals surface area contributed by atoms with Crippen molar-refractivity contribution in [1.82, 2.24) is 5.32 Å². The van der Waals surface area contributed by atoms with E-state index >= 15 is 0 Å². The molecule has 1 atom stereocenters. The molecular weight excluding hydrogens is 210 g/mol. The van der Waals surface area contributed by atoms with Gasteiger partial charge in [0.25, 0.3) is 0 Å². The van der Waals surface area contributed by atoms with Gasteiger partial charge in [0.1, 0.15) is 6.04 Å². The first-order valence-corrected chi connectivity index (χ1v) is 5.41. The van der Waals surface area contributed by atoms with Gasteiger partial charge in [0.2, 0.25) is 0 Å². The molecule has 0 aromatic rings. The van der Waals surface area contributed by atoms with Gasteiger partial charge >= 0.3 is 11.9 Å². The first kappa shape index (κ1) is 14.9. The van der Waals surface area contributed by atoms with Crippen LogP contribution in [0.3, 0.4) is 0 Å². The Morgan fingerprint density at radius 2 is 1.81 bits per heavy atom. The van der Waals surface area contributed by atoms with Crippen LogP contribution >= 0.6 is 0 Å². The molecule has 0 aromatic carbocycles. The molecule has 0 aromatic heterocycles. The highest BCUT2D eigenvalue weighted by Gasteiger charge is 2.21. The minimum Gasteiger partial charge on any atom is -0.469 e. The largest absolute Gasteiger partial charge is 0.469 e. The lowest BCUT2D eigenvalue weighted by Gasteiger charge is -2.19. The van der Waals surface area contributed by atoms with Crippen molar-refractivity contribution in [3.8, 4) is 0 Å². The highest BCUT2D eigenvalue weighted by Crippen LogP contribution is 2.03. The summed E-state index contributed by atoms with van der Waals surface area (Å²) in [6.45, 7) is 4.47. The van der Waals surface area contributed by atoms with Crippen LogP contribution in [0.1, 0.15) is 26.7 Å². The van der Waals surface area contributed by atoms with Crippen molar-refractivity contribution in [1.29, 1.82) is 0 Å². The topological polar surface area (TPSA) is 64.6 Å². The summed E-state index contributed by atoms with van der Waals surface area (Å²) in [5, 5.41) is 3.07. The van der Waals surface area contributed by atoms with Crippen LogP contribution in [0.25, 0.3) is 0 Å². The second-order valence-corrected chi connectivity index (χ2v) is 3.88. The second kappa shape index (κ2) is 8.10. The molecule has 5 heteroatoms. The number of carbonyl (C=O) groups excluding carboxylic acids is 2. The second-order valence-electron chi connectivity index (χ2n) is 3.88. The monoisotopic (exact) mass is 231 g/mol. The first-order chi connectivity index (χ1) is 7.52. The Morgan fingerprint density at radius 1 is 1.19 bits per heavy atom. The van der Waals surface area contributed by atoms with Gasteiger partial charge in [0.15, 0.2) is 0 Å². The van der Waals surface area contributed by atoms with E-state index in [0.717, 1.165) is 0 Å². The van der Waals surface area contributed by atoms with Crippen LogP contribution in [0.2, 0.25) is 0 Å². The molecule has 0 aliphatic heterocycles. The summed E-state index contributed by atoms with van der Waals surface area (Å²) in [6, 6.07) is -0.317. The molecule has 0 amide bonds. The average Bonchev–Trinajstić information content (AvgIpc) is 2.27. The van der Waals surface area contributed by atoms with Crippen molar-refractivity contribution in [2.24, 2.45) is 5.92 Å². The van der Waals surface area contributed by atoms with E-state index in [9.17, 15) is 9.59 Å². The van der Waals surface area contributed by atoms with Crippen LogP contribution in [0.5, 0.6) is 0 Å². The zero-order valence-corrected chi connectivity index (χ0v) is 10.4. The van der Waals surface area contributed by atoms with Gasteiger partial charge in [0, 0.05) is 6.42 Å². The fourth-order valence-electron chi connectivity index (χ4n) is 1.31. The fourth-order valence-corrected chi connectivity index (χ4v) is 1.31. The van der Waals surface area contributed by atoms with E-state index in [1.807, 2.05) is 13.8 Å². The van der Waals surface area contributed by atoms with Crippen LogP contribution in [-0.2, 0) is 19.1 Å². The van der Waals surface area contributed by atoms with Crippen LogP contribution in [-0.4, -0.2) is 38.7 Å². The number of carbonyl (C=O) groups is 2. The Bertz CT molecular complexity index is 228. The predicted molar refractivity (Wildman–Crippen MR) is 59.9 cm³/mol. The molecule has 1 unspecified atom stereocenters. The maximum absolute atomic E-state index is 11.4. The van der Waals surface area contributed by atoms with E-state index in [0.29, 0.717) is 19.4 Å². The van der Waals surface area contributed by atoms with Crippen molar-refractivity contribution < 1.29 is 19.1 Å². The van der Waals surface area contributed by atoms with Gasteiger partial charge in [-0.15, -0.1) is 0 Å². The number of rotatable bonds is 7. The Hall–Kier alpha value is -1.10. The number of hydrogen-bond donors (Lipinski definition) is 1. The summed E-state index contributed by atoms with van der Waals surface area (Å²) in [7, 11) is 2.73. The molecule has 16 heavy (non-hydrogen) atoms. The lowest BCUT2D eigenvalue weighted by atomic mass is 10.0. The maximum Gasteiger partial charge on any atom is 0.323 e. The van der Waals surface area contributed by atoms with Crippen molar-refractivity contribution in [2.45, 2.75) is 32.7 Å². The quantitative estimate of drug-likeness (QED) is 0.517. The fraction of sp³-hybridized carbons (Fsp3) is 0.818. The van der Waals surface area contributed by atoms with Crippen molar-refractivity contribution in [3.05, 3.63) is 0 Å². The SMILES string of the molecule is COC(=O)CCCNC(C(=O)OC)C(C)C. The minimum atomic E-state index is -0.317. The zero-order valence-electron chi connectivity index (χ0n) is 10.4. The molecule has 94 valence electrons. The van der Waals surface area contributed by atoms with E-state index in [2.05, 4.69) is 14.8 Å². The Kier molecular flexibility index (Phi) is 7.54. The highest BCUT2D eigenvalue weighted by atomic mass is 16.5. The molecule has 0 saturated carbocycles. The molecule has 0 radical (unpaired) electrons. The van der Waals surface area contributed by atoms with Crippen LogP contribution in [0, 0.1) is 5.92 Å². The zero-order chi connectivity index (χ0) is 12.6. The molecule has 0 heterocycles. The lowest BCUT2D eigenvalue weighted by Crippen LogP contribution is -2.42. The van der Waals surface area contributed by atoms with E-state index in [1.165, 1.54) is 14.2 Å². The molecule has 5 nitrogen and oxygen atoms in total. The summed E-state index contributed by atoms with van der Waals surface area (Å²) in [4.78, 5) is 22.2. The van der Waals surface area contributed by atoms with Crippen molar-refractivity contribution >= 4 is 11.9 Å². The van der Waals surface area contributed by atoms with Gasteiger partial charge in [-0.1, -0.05) is 13.8 Å². The van der Waals surface area contributed by atoms with E-state index in [1.54, 1.807) is 0 Å². The third-order valence-electron chi connectivity index (χ3n) is 2.27. The normalized spacial score (nSPS) is 12.3. The predicted octanol–water partition coefficient (Wildman–Crippen LogP) is 0.727. The van der Waals surface area contributed by atoms with Crippen LogP contribution < -0.4 is 5.32 Å². The summed E-state index contributed by atoms with van der Waals surface area (Å²) in [5.41, 5.74) is 0. The Balaban J connectivity index is 3.86. The molecule has 0 spiro atoms. The van der Waals surface area contributed by atoms with Crippen LogP contribution in [0.15, 0.2) is 0 Å². The molecule has 0 bridgehead atoms. The number of hydrogen-bond acceptors (Lipinski definition) is 5. The summed E-state index contributed by atoms with van der Waals surface area (Å²) in [6.07, 6.45) is 1.00. The highest BCUT2D eigenvalue weighted by molar-refractivity contribution is 5.75. The van der Waals surface area contributed by atoms with E-state index < -0.39 is 0 Å². The summed E-state index contributed by atoms with van der Waals surface area (Å²) in [5.74, 6) is -0.348. The molecule has 1 N–H and O–H groups in total. The molecule has 0 aliphatic rings. The number of ether oxygens (including phenoxy) is 2. The number of nitrogens with one attached hydrogen (secondary N) is 1. The summed E-state index contributed by atoms with van der Waals surface area (Å²) < 4.78 is 9.19. The summed E-state index contributed by atoms with van der Waals surface area (Å²) >= 11 is 0. The van der Waals surface area contributed by atoms with Crippen LogP contribution in [0.4, 0.5) is 0 Å². The third kappa shape index (κ3) is 5.70. The molecule has 0 saturated heterocycles. The maximum atomic E-state index is 11.4. The van der Waals surface area contributed by atoms with Gasteiger partial charge in [-0.05, 0) is 18.9 Å². The first-order valence-electron chi connectivity index (χ1n) is 5.41. The molecular formula is C11H21NO4. The van der Waals surface area contributed by atoms with Gasteiger partial charge in [-0.25, -0.2) is 0 Å². The smallest absolute Gasteiger partial charge is 0.323 e. The Labute approximate surface area is 96.5 Å². The van der Waals surface area contributed by atoms with E-state index in [4.69, 9.17) is 0 Å². The molecule has 0 rings (SSSR count). The number of esters is 2. The molecule has 0 fully saturated rings. The van der Waals surface area contributed by atoms with Gasteiger partial charge in [-0.2, -0.15) is 0 Å². The van der Waals surface area contributed by atoms with E-state index in [-0.39, 0.29) is 23.9 Å². The Morgan fingerprint density at radius 3 is 2.25 bits per heavy atom. The standard InChI is InChI=1S/C11H21NO4/c1-8(2)10(11(14)16-4)12-7-5-6-9(13)15-3/h8,10,12H,5-7H2,1-4H3.